The molecule has 0 bridgehead atoms. The van der Waals surface area contributed by atoms with Crippen LogP contribution in [0.2, 0.25) is 0 Å². The molecule has 0 unspecified atom stereocenters. The van der Waals surface area contributed by atoms with Gasteiger partial charge in [-0.05, 0) is 18.9 Å². The van der Waals surface area contributed by atoms with Crippen LogP contribution in [0.1, 0.15) is 25.7 Å². The molecule has 0 saturated carbocycles. The van der Waals surface area contributed by atoms with Crippen LogP contribution >= 0.6 is 0 Å². The van der Waals surface area contributed by atoms with Crippen molar-refractivity contribution in [2.75, 3.05) is 18.0 Å². The van der Waals surface area contributed by atoms with E-state index in [1.807, 2.05) is 6.07 Å². The monoisotopic (exact) mass is 304 g/mol. The highest BCUT2D eigenvalue weighted by molar-refractivity contribution is 6.01. The molecule has 116 valence electrons. The van der Waals surface area contributed by atoms with Gasteiger partial charge < -0.3 is 9.74 Å². The van der Waals surface area contributed by atoms with E-state index in [2.05, 4.69) is 14.9 Å². The van der Waals surface area contributed by atoms with Crippen LogP contribution < -0.4 is 4.90 Å². The first-order valence-electron chi connectivity index (χ1n) is 7.23. The Morgan fingerprint density at radius 1 is 1.18 bits per heavy atom. The van der Waals surface area contributed by atoms with Crippen molar-refractivity contribution in [3.05, 3.63) is 18.6 Å². The van der Waals surface area contributed by atoms with Crippen molar-refractivity contribution in [1.82, 2.24) is 15.0 Å². The van der Waals surface area contributed by atoms with E-state index in [0.29, 0.717) is 31.0 Å². The maximum Gasteiger partial charge on any atom is 0.336 e. The number of hydrogen-bond acceptors (Lipinski definition) is 7. The van der Waals surface area contributed by atoms with Crippen molar-refractivity contribution < 1.29 is 19.2 Å². The summed E-state index contributed by atoms with van der Waals surface area (Å²) in [5, 5.41) is 0.610. The molecule has 0 aliphatic carbocycles. The quantitative estimate of drug-likeness (QED) is 0.741. The van der Waals surface area contributed by atoms with E-state index in [4.69, 9.17) is 4.84 Å². The number of nitrogens with zero attached hydrogens (tertiary/aromatic N) is 4. The van der Waals surface area contributed by atoms with Crippen LogP contribution in [0, 0.1) is 5.92 Å². The first-order chi connectivity index (χ1) is 10.6. The number of imide groups is 1. The Hall–Kier alpha value is -2.51. The van der Waals surface area contributed by atoms with Crippen LogP contribution in [0.4, 0.5) is 5.82 Å². The lowest BCUT2D eigenvalue weighted by atomic mass is 9.97. The summed E-state index contributed by atoms with van der Waals surface area (Å²) in [6.45, 7) is 1.33. The van der Waals surface area contributed by atoms with Crippen LogP contribution in [0.5, 0.6) is 0 Å². The number of hydroxylamine groups is 2. The van der Waals surface area contributed by atoms with E-state index in [9.17, 15) is 14.4 Å². The number of carbonyl (C=O) groups is 3. The minimum absolute atomic E-state index is 0.109. The molecule has 1 aromatic rings. The highest BCUT2D eigenvalue weighted by Crippen LogP contribution is 2.23. The minimum atomic E-state index is -0.508. The fourth-order valence-corrected chi connectivity index (χ4v) is 2.64. The van der Waals surface area contributed by atoms with Crippen LogP contribution in [0.3, 0.4) is 0 Å². The maximum atomic E-state index is 12.1. The van der Waals surface area contributed by atoms with Gasteiger partial charge >= 0.3 is 5.97 Å². The van der Waals surface area contributed by atoms with Gasteiger partial charge in [-0.1, -0.05) is 0 Å². The summed E-state index contributed by atoms with van der Waals surface area (Å²) in [5.41, 5.74) is 0. The van der Waals surface area contributed by atoms with E-state index in [1.165, 1.54) is 6.33 Å². The van der Waals surface area contributed by atoms with Gasteiger partial charge in [-0.3, -0.25) is 9.59 Å². The number of amides is 2. The van der Waals surface area contributed by atoms with Crippen LogP contribution in [-0.2, 0) is 19.2 Å². The van der Waals surface area contributed by atoms with Crippen LogP contribution in [-0.4, -0.2) is 45.9 Å². The number of anilines is 1. The number of piperidine rings is 1. The Morgan fingerprint density at radius 2 is 1.86 bits per heavy atom. The van der Waals surface area contributed by atoms with Crippen molar-refractivity contribution >= 4 is 23.6 Å². The molecule has 1 aromatic heterocycles. The Balaban J connectivity index is 1.54. The molecule has 3 heterocycles. The van der Waals surface area contributed by atoms with E-state index >= 15 is 0 Å². The molecule has 0 aromatic carbocycles. The number of carbonyl (C=O) groups excluding carboxylic acids is 3. The SMILES string of the molecule is O=C(ON1C(=O)CCC1=O)C1CCN(c2ccncn2)CC1. The second-order valence-corrected chi connectivity index (χ2v) is 5.32. The summed E-state index contributed by atoms with van der Waals surface area (Å²) >= 11 is 0. The number of rotatable bonds is 3. The van der Waals surface area contributed by atoms with Crippen molar-refractivity contribution in [2.24, 2.45) is 5.92 Å². The molecule has 2 aliphatic rings. The predicted molar refractivity (Wildman–Crippen MR) is 74.1 cm³/mol. The molecule has 22 heavy (non-hydrogen) atoms. The molecular formula is C14H16N4O4. The first-order valence-corrected chi connectivity index (χ1v) is 7.23. The highest BCUT2D eigenvalue weighted by Gasteiger charge is 2.35. The second-order valence-electron chi connectivity index (χ2n) is 5.32. The van der Waals surface area contributed by atoms with Gasteiger partial charge in [0.2, 0.25) is 0 Å². The van der Waals surface area contributed by atoms with E-state index in [0.717, 1.165) is 5.82 Å². The summed E-state index contributed by atoms with van der Waals surface area (Å²) < 4.78 is 0. The Kier molecular flexibility index (Phi) is 3.99. The average Bonchev–Trinajstić information content (AvgIpc) is 2.88. The molecule has 2 aliphatic heterocycles. The summed E-state index contributed by atoms with van der Waals surface area (Å²) in [4.78, 5) is 50.1. The standard InChI is InChI=1S/C14H16N4O4/c19-12-1-2-13(20)18(12)22-14(21)10-4-7-17(8-5-10)11-3-6-15-9-16-11/h3,6,9-10H,1-2,4-5,7-8H2. The Bertz CT molecular complexity index is 568. The van der Waals surface area contributed by atoms with Crippen molar-refractivity contribution in [1.29, 1.82) is 0 Å². The van der Waals surface area contributed by atoms with Gasteiger partial charge in [0.1, 0.15) is 12.1 Å². The van der Waals surface area contributed by atoms with E-state index in [-0.39, 0.29) is 18.8 Å². The van der Waals surface area contributed by atoms with Crippen molar-refractivity contribution in [3.8, 4) is 0 Å². The van der Waals surface area contributed by atoms with Crippen LogP contribution in [0.25, 0.3) is 0 Å². The van der Waals surface area contributed by atoms with Gasteiger partial charge in [0.15, 0.2) is 0 Å². The van der Waals surface area contributed by atoms with Gasteiger partial charge in [0.05, 0.1) is 5.92 Å². The fraction of sp³-hybridized carbons (Fsp3) is 0.500. The zero-order valence-electron chi connectivity index (χ0n) is 12.0. The zero-order valence-corrected chi connectivity index (χ0v) is 12.0. The normalized spacial score (nSPS) is 19.6. The topological polar surface area (TPSA) is 92.7 Å². The molecule has 3 rings (SSSR count). The van der Waals surface area contributed by atoms with Gasteiger partial charge in [0, 0.05) is 32.1 Å². The van der Waals surface area contributed by atoms with Gasteiger partial charge in [0.25, 0.3) is 11.8 Å². The fourth-order valence-electron chi connectivity index (χ4n) is 2.64. The molecule has 0 atom stereocenters. The minimum Gasteiger partial charge on any atom is -0.356 e. The summed E-state index contributed by atoms with van der Waals surface area (Å²) in [5.74, 6) is -0.884. The van der Waals surface area contributed by atoms with Crippen molar-refractivity contribution in [3.63, 3.8) is 0 Å². The predicted octanol–water partition coefficient (Wildman–Crippen LogP) is 0.300. The van der Waals surface area contributed by atoms with E-state index < -0.39 is 17.8 Å². The largest absolute Gasteiger partial charge is 0.356 e. The first kappa shape index (κ1) is 14.4. The van der Waals surface area contributed by atoms with Crippen molar-refractivity contribution in [2.45, 2.75) is 25.7 Å². The molecule has 2 amide bonds. The van der Waals surface area contributed by atoms with Gasteiger partial charge in [-0.15, -0.1) is 5.06 Å². The lowest BCUT2D eigenvalue weighted by Gasteiger charge is -2.31. The van der Waals surface area contributed by atoms with Gasteiger partial charge in [-0.25, -0.2) is 14.8 Å². The summed E-state index contributed by atoms with van der Waals surface area (Å²) in [7, 11) is 0. The lowest BCUT2D eigenvalue weighted by molar-refractivity contribution is -0.201. The molecule has 0 spiro atoms. The molecule has 8 nitrogen and oxygen atoms in total. The van der Waals surface area contributed by atoms with Gasteiger partial charge in [-0.2, -0.15) is 0 Å². The third-order valence-corrected chi connectivity index (χ3v) is 3.91. The smallest absolute Gasteiger partial charge is 0.336 e. The third kappa shape index (κ3) is 2.90. The molecule has 8 heteroatoms. The Morgan fingerprint density at radius 3 is 2.45 bits per heavy atom. The summed E-state index contributed by atoms with van der Waals surface area (Å²) in [6, 6.07) is 1.82. The third-order valence-electron chi connectivity index (χ3n) is 3.91. The molecule has 2 saturated heterocycles. The maximum absolute atomic E-state index is 12.1. The highest BCUT2D eigenvalue weighted by atomic mass is 16.7. The summed E-state index contributed by atoms with van der Waals surface area (Å²) in [6.07, 6.45) is 4.57. The molecular weight excluding hydrogens is 288 g/mol. The van der Waals surface area contributed by atoms with E-state index in [1.54, 1.807) is 6.20 Å². The molecule has 2 fully saturated rings. The second kappa shape index (κ2) is 6.08. The molecule has 0 N–H and O–H groups in total. The molecule has 0 radical (unpaired) electrons. The number of hydrogen-bond donors (Lipinski definition) is 0. The van der Waals surface area contributed by atoms with Crippen LogP contribution in [0.15, 0.2) is 18.6 Å². The zero-order chi connectivity index (χ0) is 15.5. The number of aromatic nitrogens is 2. The Labute approximate surface area is 127 Å². The average molecular weight is 304 g/mol. The lowest BCUT2D eigenvalue weighted by Crippen LogP contribution is -2.40.